The molecule has 1 saturated heterocycles. The number of H-pyrrole nitrogens is 1. The Morgan fingerprint density at radius 3 is 2.48 bits per heavy atom. The van der Waals surface area contributed by atoms with Gasteiger partial charge in [-0.05, 0) is 6.07 Å². The van der Waals surface area contributed by atoms with Crippen molar-refractivity contribution < 1.29 is 9.66 Å². The van der Waals surface area contributed by atoms with E-state index >= 15 is 0 Å². The predicted molar refractivity (Wildman–Crippen MR) is 96.0 cm³/mol. The number of ether oxygens (including phenoxy) is 1. The number of aromatic nitrogens is 1. The van der Waals surface area contributed by atoms with Gasteiger partial charge in [0.15, 0.2) is 0 Å². The fourth-order valence-corrected chi connectivity index (χ4v) is 3.03. The minimum atomic E-state index is -0.761. The number of nitriles is 2. The van der Waals surface area contributed by atoms with Crippen LogP contribution in [-0.4, -0.2) is 36.2 Å². The molecule has 10 nitrogen and oxygen atoms in total. The topological polar surface area (TPSA) is 162 Å². The Kier molecular flexibility index (Phi) is 4.75. The highest BCUT2D eigenvalue weighted by Crippen LogP contribution is 2.38. The summed E-state index contributed by atoms with van der Waals surface area (Å²) in [7, 11) is 0. The number of rotatable bonds is 3. The molecule has 2 aromatic rings. The second kappa shape index (κ2) is 7.15. The van der Waals surface area contributed by atoms with E-state index in [0.29, 0.717) is 32.0 Å². The summed E-state index contributed by atoms with van der Waals surface area (Å²) in [5.74, 6) is -0.198. The molecule has 10 heteroatoms. The molecule has 0 spiro atoms. The molecule has 136 valence electrons. The van der Waals surface area contributed by atoms with Gasteiger partial charge in [-0.3, -0.25) is 14.9 Å². The number of aromatic amines is 1. The average molecular weight is 366 g/mol. The lowest BCUT2D eigenvalue weighted by Crippen LogP contribution is -2.36. The Morgan fingerprint density at radius 2 is 1.89 bits per heavy atom. The molecule has 0 aliphatic carbocycles. The minimum absolute atomic E-state index is 0.00792. The van der Waals surface area contributed by atoms with Gasteiger partial charge < -0.3 is 20.4 Å². The molecule has 2 heterocycles. The number of benzene rings is 1. The molecule has 0 saturated carbocycles. The Hall–Kier alpha value is -3.89. The Bertz CT molecular complexity index is 1060. The monoisotopic (exact) mass is 366 g/mol. The Morgan fingerprint density at radius 1 is 1.22 bits per heavy atom. The van der Waals surface area contributed by atoms with Gasteiger partial charge in [0.25, 0.3) is 11.2 Å². The summed E-state index contributed by atoms with van der Waals surface area (Å²) in [6.45, 7) is 1.97. The number of pyridine rings is 1. The summed E-state index contributed by atoms with van der Waals surface area (Å²) in [6, 6.07) is 7.79. The van der Waals surface area contributed by atoms with Gasteiger partial charge in [-0.25, -0.2) is 0 Å². The molecule has 1 aliphatic rings. The predicted octanol–water partition coefficient (Wildman–Crippen LogP) is 1.11. The van der Waals surface area contributed by atoms with Crippen molar-refractivity contribution in [3.63, 3.8) is 0 Å². The zero-order valence-electron chi connectivity index (χ0n) is 14.1. The average Bonchev–Trinajstić information content (AvgIpc) is 2.67. The van der Waals surface area contributed by atoms with Gasteiger partial charge >= 0.3 is 0 Å². The van der Waals surface area contributed by atoms with Crippen LogP contribution in [0.4, 0.5) is 17.2 Å². The maximum Gasteiger partial charge on any atom is 0.270 e. The number of nitrogen functional groups attached to an aromatic ring is 1. The van der Waals surface area contributed by atoms with Gasteiger partial charge in [0.05, 0.1) is 18.1 Å². The number of morpholine rings is 1. The van der Waals surface area contributed by atoms with Crippen LogP contribution in [0.1, 0.15) is 11.1 Å². The van der Waals surface area contributed by atoms with Crippen molar-refractivity contribution in [2.45, 2.75) is 0 Å². The van der Waals surface area contributed by atoms with Crippen molar-refractivity contribution >= 4 is 17.2 Å². The number of nitrogens with one attached hydrogen (secondary N) is 1. The summed E-state index contributed by atoms with van der Waals surface area (Å²) < 4.78 is 5.33. The molecule has 3 rings (SSSR count). The largest absolute Gasteiger partial charge is 0.384 e. The maximum absolute atomic E-state index is 12.2. The van der Waals surface area contributed by atoms with Crippen LogP contribution >= 0.6 is 0 Å². The first-order valence-corrected chi connectivity index (χ1v) is 7.95. The molecule has 27 heavy (non-hydrogen) atoms. The lowest BCUT2D eigenvalue weighted by Gasteiger charge is -2.30. The number of nitrogens with two attached hydrogens (primary N) is 1. The first-order valence-electron chi connectivity index (χ1n) is 7.95. The third-order valence-corrected chi connectivity index (χ3v) is 4.28. The molecule has 1 aromatic carbocycles. The molecule has 1 aliphatic heterocycles. The highest BCUT2D eigenvalue weighted by atomic mass is 16.6. The number of hydrogen-bond acceptors (Lipinski definition) is 8. The fraction of sp³-hybridized carbons (Fsp3) is 0.235. The molecule has 0 radical (unpaired) electrons. The van der Waals surface area contributed by atoms with E-state index in [9.17, 15) is 25.4 Å². The molecule has 1 aromatic heterocycles. The zero-order chi connectivity index (χ0) is 19.6. The van der Waals surface area contributed by atoms with Crippen molar-refractivity contribution in [1.82, 2.24) is 4.98 Å². The van der Waals surface area contributed by atoms with E-state index in [-0.39, 0.29) is 33.8 Å². The molecule has 0 amide bonds. The van der Waals surface area contributed by atoms with Crippen LogP contribution in [0, 0.1) is 32.8 Å². The second-order valence-electron chi connectivity index (χ2n) is 5.77. The smallest absolute Gasteiger partial charge is 0.270 e. The van der Waals surface area contributed by atoms with E-state index in [1.165, 1.54) is 12.1 Å². The highest BCUT2D eigenvalue weighted by molar-refractivity contribution is 5.89. The molecular weight excluding hydrogens is 352 g/mol. The number of hydrogen-bond donors (Lipinski definition) is 2. The molecule has 1 fully saturated rings. The van der Waals surface area contributed by atoms with Crippen LogP contribution in [-0.2, 0) is 4.74 Å². The molecule has 3 N–H and O–H groups in total. The summed E-state index contributed by atoms with van der Waals surface area (Å²) in [6.07, 6.45) is 0. The van der Waals surface area contributed by atoms with Crippen molar-refractivity contribution in [3.8, 4) is 23.3 Å². The van der Waals surface area contributed by atoms with Crippen molar-refractivity contribution in [1.29, 1.82) is 10.5 Å². The van der Waals surface area contributed by atoms with Crippen LogP contribution in [0.3, 0.4) is 0 Å². The van der Waals surface area contributed by atoms with E-state index in [0.717, 1.165) is 0 Å². The number of non-ortho nitro benzene ring substituents is 1. The third-order valence-electron chi connectivity index (χ3n) is 4.28. The molecular formula is C17H14N6O4. The normalized spacial score (nSPS) is 13.6. The van der Waals surface area contributed by atoms with Gasteiger partial charge in [0.2, 0.25) is 0 Å². The number of anilines is 2. The van der Waals surface area contributed by atoms with Gasteiger partial charge in [-0.2, -0.15) is 10.5 Å². The van der Waals surface area contributed by atoms with Crippen molar-refractivity contribution in [2.24, 2.45) is 0 Å². The third kappa shape index (κ3) is 3.17. The Balaban J connectivity index is 2.38. The molecule has 0 atom stereocenters. The van der Waals surface area contributed by atoms with E-state index in [1.807, 2.05) is 11.0 Å². The lowest BCUT2D eigenvalue weighted by molar-refractivity contribution is -0.384. The summed E-state index contributed by atoms with van der Waals surface area (Å²) in [5, 5.41) is 30.2. The summed E-state index contributed by atoms with van der Waals surface area (Å²) >= 11 is 0. The number of nitro groups is 1. The first-order chi connectivity index (χ1) is 13.0. The van der Waals surface area contributed by atoms with Crippen LogP contribution in [0.15, 0.2) is 23.0 Å². The zero-order valence-corrected chi connectivity index (χ0v) is 14.1. The van der Waals surface area contributed by atoms with Crippen LogP contribution < -0.4 is 16.2 Å². The van der Waals surface area contributed by atoms with E-state index in [4.69, 9.17) is 10.5 Å². The van der Waals surface area contributed by atoms with Crippen molar-refractivity contribution in [2.75, 3.05) is 36.9 Å². The SMILES string of the molecule is N#Cc1c(N)[nH]c(=O)c(C#N)c1-c1cc([N+](=O)[O-])ccc1N1CCOCC1. The fourth-order valence-electron chi connectivity index (χ4n) is 3.03. The summed E-state index contributed by atoms with van der Waals surface area (Å²) in [4.78, 5) is 27.1. The number of nitrogens with zero attached hydrogens (tertiary/aromatic N) is 4. The van der Waals surface area contributed by atoms with Gasteiger partial charge in [-0.1, -0.05) is 0 Å². The van der Waals surface area contributed by atoms with E-state index in [1.54, 1.807) is 12.1 Å². The minimum Gasteiger partial charge on any atom is -0.384 e. The van der Waals surface area contributed by atoms with Gasteiger partial charge in [0, 0.05) is 42.0 Å². The maximum atomic E-state index is 12.2. The molecule has 0 unspecified atom stereocenters. The van der Waals surface area contributed by atoms with E-state index in [2.05, 4.69) is 4.98 Å². The van der Waals surface area contributed by atoms with Gasteiger partial charge in [-0.15, -0.1) is 0 Å². The molecule has 0 bridgehead atoms. The highest BCUT2D eigenvalue weighted by Gasteiger charge is 2.25. The van der Waals surface area contributed by atoms with Crippen LogP contribution in [0.25, 0.3) is 11.1 Å². The Labute approximate surface area is 153 Å². The lowest BCUT2D eigenvalue weighted by atomic mass is 9.94. The summed E-state index contributed by atoms with van der Waals surface area (Å²) in [5.41, 5.74) is 5.13. The van der Waals surface area contributed by atoms with Crippen LogP contribution in [0.5, 0.6) is 0 Å². The quantitative estimate of drug-likeness (QED) is 0.603. The van der Waals surface area contributed by atoms with Crippen molar-refractivity contribution in [3.05, 3.63) is 49.8 Å². The first kappa shape index (κ1) is 17.9. The van der Waals surface area contributed by atoms with Crippen LogP contribution in [0.2, 0.25) is 0 Å². The number of nitro benzene ring substituents is 1. The van der Waals surface area contributed by atoms with Gasteiger partial charge in [0.1, 0.15) is 29.1 Å². The second-order valence-corrected chi connectivity index (χ2v) is 5.77. The standard InChI is InChI=1S/C17H14N6O4/c18-8-12-15(13(9-19)17(24)21-16(12)20)11-7-10(23(25)26)1-2-14(11)22-3-5-27-6-4-22/h1-2,7H,3-6H2,(H3,20,21,24). The van der Waals surface area contributed by atoms with E-state index < -0.39 is 10.5 Å².